The van der Waals surface area contributed by atoms with Crippen LogP contribution in [0.25, 0.3) is 0 Å². The lowest BCUT2D eigenvalue weighted by molar-refractivity contribution is 0.280. The molecule has 0 unspecified atom stereocenters. The summed E-state index contributed by atoms with van der Waals surface area (Å²) in [6, 6.07) is 13.3. The molecule has 4 nitrogen and oxygen atoms in total. The van der Waals surface area contributed by atoms with E-state index in [1.165, 1.54) is 5.56 Å². The first-order valence-electron chi connectivity index (χ1n) is 6.46. The van der Waals surface area contributed by atoms with Crippen LogP contribution in [0.2, 0.25) is 0 Å². The van der Waals surface area contributed by atoms with Crippen LogP contribution >= 0.6 is 0 Å². The molecule has 2 N–H and O–H groups in total. The predicted molar refractivity (Wildman–Crippen MR) is 78.2 cm³/mol. The van der Waals surface area contributed by atoms with E-state index in [1.807, 2.05) is 37.4 Å². The molecule has 4 heteroatoms. The van der Waals surface area contributed by atoms with Gasteiger partial charge >= 0.3 is 0 Å². The Balaban J connectivity index is 2.16. The summed E-state index contributed by atoms with van der Waals surface area (Å²) in [4.78, 5) is 0. The van der Waals surface area contributed by atoms with Crippen molar-refractivity contribution in [3.63, 3.8) is 0 Å². The third kappa shape index (κ3) is 3.50. The first kappa shape index (κ1) is 14.4. The third-order valence-electron chi connectivity index (χ3n) is 2.94. The molecule has 0 fully saturated rings. The van der Waals surface area contributed by atoms with E-state index in [-0.39, 0.29) is 6.61 Å². The first-order chi connectivity index (χ1) is 9.76. The van der Waals surface area contributed by atoms with Gasteiger partial charge in [-0.25, -0.2) is 0 Å². The largest absolute Gasteiger partial charge is 0.493 e. The number of aliphatic hydroxyl groups excluding tert-OH is 1. The van der Waals surface area contributed by atoms with Crippen molar-refractivity contribution in [3.8, 4) is 17.2 Å². The second-order valence-electron chi connectivity index (χ2n) is 4.42. The molecule has 0 amide bonds. The monoisotopic (exact) mass is 273 g/mol. The molecule has 20 heavy (non-hydrogen) atoms. The maximum atomic E-state index is 9.12. The van der Waals surface area contributed by atoms with Gasteiger partial charge in [-0.3, -0.25) is 0 Å². The number of hydrogen-bond donors (Lipinski definition) is 2. The van der Waals surface area contributed by atoms with Gasteiger partial charge in [-0.05, 0) is 42.4 Å². The number of hydrogen-bond acceptors (Lipinski definition) is 4. The molecule has 106 valence electrons. The summed E-state index contributed by atoms with van der Waals surface area (Å²) in [5, 5.41) is 12.2. The Labute approximate surface area is 119 Å². The highest BCUT2D eigenvalue weighted by Gasteiger charge is 2.06. The fourth-order valence-corrected chi connectivity index (χ4v) is 1.90. The van der Waals surface area contributed by atoms with E-state index in [2.05, 4.69) is 5.32 Å². The van der Waals surface area contributed by atoms with Gasteiger partial charge in [0, 0.05) is 6.54 Å². The number of benzene rings is 2. The van der Waals surface area contributed by atoms with Gasteiger partial charge in [0.25, 0.3) is 0 Å². The molecule has 0 radical (unpaired) electrons. The Bertz CT molecular complexity index is 552. The van der Waals surface area contributed by atoms with Gasteiger partial charge in [-0.1, -0.05) is 18.2 Å². The van der Waals surface area contributed by atoms with E-state index >= 15 is 0 Å². The van der Waals surface area contributed by atoms with E-state index in [9.17, 15) is 0 Å². The van der Waals surface area contributed by atoms with Crippen LogP contribution < -0.4 is 14.8 Å². The molecule has 0 heterocycles. The zero-order valence-corrected chi connectivity index (χ0v) is 11.7. The van der Waals surface area contributed by atoms with Gasteiger partial charge in [0.15, 0.2) is 11.5 Å². The van der Waals surface area contributed by atoms with Gasteiger partial charge in [0.05, 0.1) is 13.7 Å². The zero-order valence-electron chi connectivity index (χ0n) is 11.7. The summed E-state index contributed by atoms with van der Waals surface area (Å²) in [7, 11) is 3.50. The van der Waals surface area contributed by atoms with Crippen molar-refractivity contribution in [2.24, 2.45) is 0 Å². The predicted octanol–water partition coefficient (Wildman–Crippen LogP) is 2.70. The van der Waals surface area contributed by atoms with Crippen molar-refractivity contribution in [2.75, 3.05) is 14.2 Å². The number of methoxy groups -OCH3 is 1. The summed E-state index contributed by atoms with van der Waals surface area (Å²) >= 11 is 0. The molecule has 0 aromatic heterocycles. The maximum absolute atomic E-state index is 9.12. The molecular weight excluding hydrogens is 254 g/mol. The Morgan fingerprint density at radius 2 is 1.70 bits per heavy atom. The SMILES string of the molecule is CNCc1ccc(Oc2ccc(CO)cc2OC)cc1. The minimum Gasteiger partial charge on any atom is -0.493 e. The topological polar surface area (TPSA) is 50.7 Å². The molecule has 0 saturated heterocycles. The Morgan fingerprint density at radius 3 is 2.30 bits per heavy atom. The van der Waals surface area contributed by atoms with Crippen molar-refractivity contribution in [1.29, 1.82) is 0 Å². The second kappa shape index (κ2) is 6.93. The molecule has 0 spiro atoms. The van der Waals surface area contributed by atoms with E-state index in [4.69, 9.17) is 14.6 Å². The third-order valence-corrected chi connectivity index (χ3v) is 2.94. The number of ether oxygens (including phenoxy) is 2. The van der Waals surface area contributed by atoms with Crippen LogP contribution in [0.3, 0.4) is 0 Å². The lowest BCUT2D eigenvalue weighted by atomic mass is 10.2. The number of aliphatic hydroxyl groups is 1. The molecule has 0 aliphatic rings. The molecule has 0 aliphatic heterocycles. The molecule has 0 aliphatic carbocycles. The van der Waals surface area contributed by atoms with Crippen LogP contribution in [-0.4, -0.2) is 19.3 Å². The molecule has 0 bridgehead atoms. The summed E-state index contributed by atoms with van der Waals surface area (Å²) in [5.74, 6) is 1.99. The van der Waals surface area contributed by atoms with Crippen LogP contribution in [-0.2, 0) is 13.2 Å². The summed E-state index contributed by atoms with van der Waals surface area (Å²) in [6.45, 7) is 0.810. The second-order valence-corrected chi connectivity index (χ2v) is 4.42. The summed E-state index contributed by atoms with van der Waals surface area (Å²) in [5.41, 5.74) is 1.99. The van der Waals surface area contributed by atoms with Crippen molar-refractivity contribution < 1.29 is 14.6 Å². The lowest BCUT2D eigenvalue weighted by Gasteiger charge is -2.11. The quantitative estimate of drug-likeness (QED) is 0.849. The van der Waals surface area contributed by atoms with Crippen LogP contribution in [0, 0.1) is 0 Å². The van der Waals surface area contributed by atoms with Crippen LogP contribution in [0.1, 0.15) is 11.1 Å². The molecule has 0 atom stereocenters. The van der Waals surface area contributed by atoms with Gasteiger partial charge in [-0.15, -0.1) is 0 Å². The molecule has 2 aromatic rings. The molecular formula is C16H19NO3. The number of nitrogens with one attached hydrogen (secondary N) is 1. The first-order valence-corrected chi connectivity index (χ1v) is 6.46. The minimum atomic E-state index is -0.0185. The normalized spacial score (nSPS) is 10.3. The fourth-order valence-electron chi connectivity index (χ4n) is 1.90. The van der Waals surface area contributed by atoms with E-state index in [0.29, 0.717) is 11.5 Å². The van der Waals surface area contributed by atoms with Gasteiger partial charge in [0.2, 0.25) is 0 Å². The maximum Gasteiger partial charge on any atom is 0.169 e. The fraction of sp³-hybridized carbons (Fsp3) is 0.250. The summed E-state index contributed by atoms with van der Waals surface area (Å²) < 4.78 is 11.1. The van der Waals surface area contributed by atoms with Gasteiger partial charge in [0.1, 0.15) is 5.75 Å². The Hall–Kier alpha value is -2.04. The molecule has 2 aromatic carbocycles. The van der Waals surface area contributed by atoms with E-state index in [1.54, 1.807) is 19.2 Å². The van der Waals surface area contributed by atoms with Crippen LogP contribution in [0.4, 0.5) is 0 Å². The lowest BCUT2D eigenvalue weighted by Crippen LogP contribution is -2.04. The molecule has 0 saturated carbocycles. The van der Waals surface area contributed by atoms with Crippen molar-refractivity contribution in [3.05, 3.63) is 53.6 Å². The minimum absolute atomic E-state index is 0.0185. The highest BCUT2D eigenvalue weighted by atomic mass is 16.5. The Morgan fingerprint density at radius 1 is 1.00 bits per heavy atom. The number of rotatable bonds is 6. The molecule has 2 rings (SSSR count). The van der Waals surface area contributed by atoms with E-state index in [0.717, 1.165) is 17.9 Å². The standard InChI is InChI=1S/C16H19NO3/c1-17-10-12-3-6-14(7-4-12)20-15-8-5-13(11-18)9-16(15)19-2/h3-9,17-18H,10-11H2,1-2H3. The smallest absolute Gasteiger partial charge is 0.169 e. The van der Waals surface area contributed by atoms with Crippen LogP contribution in [0.15, 0.2) is 42.5 Å². The van der Waals surface area contributed by atoms with E-state index < -0.39 is 0 Å². The average Bonchev–Trinajstić information content (AvgIpc) is 2.50. The Kier molecular flexibility index (Phi) is 4.98. The van der Waals surface area contributed by atoms with Crippen molar-refractivity contribution >= 4 is 0 Å². The van der Waals surface area contributed by atoms with Gasteiger partial charge < -0.3 is 19.9 Å². The highest BCUT2D eigenvalue weighted by molar-refractivity contribution is 5.45. The van der Waals surface area contributed by atoms with Crippen molar-refractivity contribution in [2.45, 2.75) is 13.2 Å². The average molecular weight is 273 g/mol. The van der Waals surface area contributed by atoms with Gasteiger partial charge in [-0.2, -0.15) is 0 Å². The van der Waals surface area contributed by atoms with Crippen LogP contribution in [0.5, 0.6) is 17.2 Å². The zero-order chi connectivity index (χ0) is 14.4. The van der Waals surface area contributed by atoms with Crippen molar-refractivity contribution in [1.82, 2.24) is 5.32 Å². The highest BCUT2D eigenvalue weighted by Crippen LogP contribution is 2.32. The summed E-state index contributed by atoms with van der Waals surface area (Å²) in [6.07, 6.45) is 0.